The SMILES string of the molecule is COc1ccc(C)cc1NC(=O)CNc1cccc(C)c1C. The summed E-state index contributed by atoms with van der Waals surface area (Å²) in [7, 11) is 1.59. The van der Waals surface area contributed by atoms with Crippen molar-refractivity contribution < 1.29 is 9.53 Å². The van der Waals surface area contributed by atoms with Crippen molar-refractivity contribution in [2.45, 2.75) is 20.8 Å². The molecule has 22 heavy (non-hydrogen) atoms. The van der Waals surface area contributed by atoms with Crippen molar-refractivity contribution in [3.8, 4) is 5.75 Å². The molecule has 0 heterocycles. The van der Waals surface area contributed by atoms with E-state index in [0.717, 1.165) is 16.8 Å². The molecule has 0 bridgehead atoms. The van der Waals surface area contributed by atoms with Crippen LogP contribution in [0, 0.1) is 20.8 Å². The van der Waals surface area contributed by atoms with E-state index in [-0.39, 0.29) is 12.5 Å². The summed E-state index contributed by atoms with van der Waals surface area (Å²) in [6.45, 7) is 6.28. The van der Waals surface area contributed by atoms with Crippen molar-refractivity contribution in [2.24, 2.45) is 0 Å². The molecule has 2 aromatic rings. The molecular weight excluding hydrogens is 276 g/mol. The van der Waals surface area contributed by atoms with Crippen molar-refractivity contribution in [3.05, 3.63) is 53.1 Å². The number of nitrogens with one attached hydrogen (secondary N) is 2. The van der Waals surface area contributed by atoms with Gasteiger partial charge in [0.1, 0.15) is 5.75 Å². The lowest BCUT2D eigenvalue weighted by molar-refractivity contribution is -0.114. The summed E-state index contributed by atoms with van der Waals surface area (Å²) < 4.78 is 5.26. The van der Waals surface area contributed by atoms with Crippen molar-refractivity contribution in [1.29, 1.82) is 0 Å². The molecule has 0 aliphatic heterocycles. The smallest absolute Gasteiger partial charge is 0.243 e. The van der Waals surface area contributed by atoms with Gasteiger partial charge in [-0.05, 0) is 55.7 Å². The zero-order chi connectivity index (χ0) is 16.1. The zero-order valence-corrected chi connectivity index (χ0v) is 13.5. The van der Waals surface area contributed by atoms with E-state index in [9.17, 15) is 4.79 Å². The fraction of sp³-hybridized carbons (Fsp3) is 0.278. The molecule has 1 amide bonds. The lowest BCUT2D eigenvalue weighted by Crippen LogP contribution is -2.22. The Hall–Kier alpha value is -2.49. The van der Waals surface area contributed by atoms with Crippen LogP contribution in [0.4, 0.5) is 11.4 Å². The number of amides is 1. The van der Waals surface area contributed by atoms with Gasteiger partial charge in [0.25, 0.3) is 0 Å². The Bertz CT molecular complexity index is 681. The van der Waals surface area contributed by atoms with Gasteiger partial charge in [-0.2, -0.15) is 0 Å². The Morgan fingerprint density at radius 1 is 1.09 bits per heavy atom. The number of carbonyl (C=O) groups is 1. The van der Waals surface area contributed by atoms with Crippen LogP contribution in [0.5, 0.6) is 5.75 Å². The standard InChI is InChI=1S/C18H22N2O2/c1-12-8-9-17(22-4)16(10-12)20-18(21)11-19-15-7-5-6-13(2)14(15)3/h5-10,19H,11H2,1-4H3,(H,20,21). The highest BCUT2D eigenvalue weighted by atomic mass is 16.5. The Morgan fingerprint density at radius 3 is 2.59 bits per heavy atom. The van der Waals surface area contributed by atoms with Crippen LogP contribution in [-0.4, -0.2) is 19.6 Å². The number of anilines is 2. The van der Waals surface area contributed by atoms with Crippen LogP contribution in [0.25, 0.3) is 0 Å². The molecular formula is C18H22N2O2. The van der Waals surface area contributed by atoms with E-state index in [4.69, 9.17) is 4.74 Å². The number of benzene rings is 2. The second-order valence-electron chi connectivity index (χ2n) is 5.35. The molecule has 2 aromatic carbocycles. The summed E-state index contributed by atoms with van der Waals surface area (Å²) in [5, 5.41) is 6.05. The van der Waals surface area contributed by atoms with Crippen molar-refractivity contribution in [1.82, 2.24) is 0 Å². The van der Waals surface area contributed by atoms with Gasteiger partial charge in [-0.3, -0.25) is 4.79 Å². The number of carbonyl (C=O) groups excluding carboxylic acids is 1. The van der Waals surface area contributed by atoms with Crippen LogP contribution in [0.1, 0.15) is 16.7 Å². The van der Waals surface area contributed by atoms with Crippen LogP contribution in [0.15, 0.2) is 36.4 Å². The van der Waals surface area contributed by atoms with Gasteiger partial charge in [-0.25, -0.2) is 0 Å². The van der Waals surface area contributed by atoms with Crippen molar-refractivity contribution in [2.75, 3.05) is 24.3 Å². The maximum Gasteiger partial charge on any atom is 0.243 e. The first-order valence-corrected chi connectivity index (χ1v) is 7.26. The van der Waals surface area contributed by atoms with E-state index >= 15 is 0 Å². The number of rotatable bonds is 5. The monoisotopic (exact) mass is 298 g/mol. The third kappa shape index (κ3) is 3.79. The molecule has 0 saturated heterocycles. The molecule has 0 spiro atoms. The van der Waals surface area contributed by atoms with Crippen LogP contribution >= 0.6 is 0 Å². The van der Waals surface area contributed by atoms with Gasteiger partial charge in [-0.15, -0.1) is 0 Å². The molecule has 0 fully saturated rings. The first kappa shape index (κ1) is 15.9. The van der Waals surface area contributed by atoms with E-state index < -0.39 is 0 Å². The summed E-state index contributed by atoms with van der Waals surface area (Å²) in [4.78, 5) is 12.1. The fourth-order valence-corrected chi connectivity index (χ4v) is 2.23. The van der Waals surface area contributed by atoms with E-state index in [1.165, 1.54) is 5.56 Å². The minimum atomic E-state index is -0.107. The van der Waals surface area contributed by atoms with Crippen molar-refractivity contribution >= 4 is 17.3 Å². The van der Waals surface area contributed by atoms with Gasteiger partial charge in [0.15, 0.2) is 0 Å². The Labute approximate surface area is 131 Å². The average molecular weight is 298 g/mol. The summed E-state index contributed by atoms with van der Waals surface area (Å²) in [5.74, 6) is 0.551. The van der Waals surface area contributed by atoms with Crippen LogP contribution in [-0.2, 0) is 4.79 Å². The molecule has 0 saturated carbocycles. The van der Waals surface area contributed by atoms with E-state index in [0.29, 0.717) is 11.4 Å². The predicted molar refractivity (Wildman–Crippen MR) is 90.8 cm³/mol. The maximum atomic E-state index is 12.1. The van der Waals surface area contributed by atoms with Crippen LogP contribution in [0.3, 0.4) is 0 Å². The minimum Gasteiger partial charge on any atom is -0.495 e. The number of methoxy groups -OCH3 is 1. The highest BCUT2D eigenvalue weighted by Crippen LogP contribution is 2.25. The molecule has 116 valence electrons. The largest absolute Gasteiger partial charge is 0.495 e. The molecule has 4 heteroatoms. The highest BCUT2D eigenvalue weighted by molar-refractivity contribution is 5.95. The van der Waals surface area contributed by atoms with E-state index in [1.807, 2.05) is 44.2 Å². The first-order chi connectivity index (χ1) is 10.5. The topological polar surface area (TPSA) is 50.4 Å². The number of ether oxygens (including phenoxy) is 1. The van der Waals surface area contributed by atoms with E-state index in [1.54, 1.807) is 7.11 Å². The second kappa shape index (κ2) is 6.98. The third-order valence-corrected chi connectivity index (χ3v) is 3.67. The van der Waals surface area contributed by atoms with E-state index in [2.05, 4.69) is 23.6 Å². The Balaban J connectivity index is 2.02. The lowest BCUT2D eigenvalue weighted by atomic mass is 10.1. The second-order valence-corrected chi connectivity index (χ2v) is 5.35. The quantitative estimate of drug-likeness (QED) is 0.885. The van der Waals surface area contributed by atoms with Crippen LogP contribution in [0.2, 0.25) is 0 Å². The van der Waals surface area contributed by atoms with Gasteiger partial charge < -0.3 is 15.4 Å². The summed E-state index contributed by atoms with van der Waals surface area (Å²) in [5.41, 5.74) is 5.09. The van der Waals surface area contributed by atoms with Gasteiger partial charge in [0.2, 0.25) is 5.91 Å². The predicted octanol–water partition coefficient (Wildman–Crippen LogP) is 3.67. The molecule has 2 N–H and O–H groups in total. The molecule has 0 unspecified atom stereocenters. The molecule has 4 nitrogen and oxygen atoms in total. The average Bonchev–Trinajstić information content (AvgIpc) is 2.49. The zero-order valence-electron chi connectivity index (χ0n) is 13.5. The number of hydrogen-bond donors (Lipinski definition) is 2. The number of hydrogen-bond acceptors (Lipinski definition) is 3. The van der Waals surface area contributed by atoms with Gasteiger partial charge in [0.05, 0.1) is 19.3 Å². The molecule has 0 aliphatic carbocycles. The molecule has 0 atom stereocenters. The molecule has 0 aliphatic rings. The Morgan fingerprint density at radius 2 is 1.86 bits per heavy atom. The van der Waals surface area contributed by atoms with Crippen LogP contribution < -0.4 is 15.4 Å². The third-order valence-electron chi connectivity index (χ3n) is 3.67. The van der Waals surface area contributed by atoms with Gasteiger partial charge >= 0.3 is 0 Å². The molecule has 0 radical (unpaired) electrons. The fourth-order valence-electron chi connectivity index (χ4n) is 2.23. The summed E-state index contributed by atoms with van der Waals surface area (Å²) in [6.07, 6.45) is 0. The lowest BCUT2D eigenvalue weighted by Gasteiger charge is -2.13. The van der Waals surface area contributed by atoms with Gasteiger partial charge in [0, 0.05) is 5.69 Å². The minimum absolute atomic E-state index is 0.107. The number of aryl methyl sites for hydroxylation is 2. The Kier molecular flexibility index (Phi) is 5.04. The van der Waals surface area contributed by atoms with Crippen molar-refractivity contribution in [3.63, 3.8) is 0 Å². The molecule has 0 aromatic heterocycles. The highest BCUT2D eigenvalue weighted by Gasteiger charge is 2.08. The first-order valence-electron chi connectivity index (χ1n) is 7.26. The maximum absolute atomic E-state index is 12.1. The summed E-state index contributed by atoms with van der Waals surface area (Å²) in [6, 6.07) is 11.7. The van der Waals surface area contributed by atoms with Gasteiger partial charge in [-0.1, -0.05) is 18.2 Å². The molecule has 2 rings (SSSR count). The normalized spacial score (nSPS) is 10.2. The summed E-state index contributed by atoms with van der Waals surface area (Å²) >= 11 is 0.